The number of carbonyl (C=O) groups is 1. The molecule has 7 nitrogen and oxygen atoms in total. The summed E-state index contributed by atoms with van der Waals surface area (Å²) in [4.78, 5) is 23.0. The molecule has 0 radical (unpaired) electrons. The van der Waals surface area contributed by atoms with E-state index in [1.807, 2.05) is 0 Å². The summed E-state index contributed by atoms with van der Waals surface area (Å²) in [5, 5.41) is 11.0. The minimum absolute atomic E-state index is 0. The number of halogens is 2. The van der Waals surface area contributed by atoms with Crippen molar-refractivity contribution >= 4 is 33.3 Å². The van der Waals surface area contributed by atoms with Gasteiger partial charge in [-0.2, -0.15) is 0 Å². The average molecular weight is 496 g/mol. The number of ketones is 1. The zero-order valence-corrected chi connectivity index (χ0v) is 17.5. The zero-order valence-electron chi connectivity index (χ0n) is 14.3. The molecule has 0 atom stereocenters. The van der Waals surface area contributed by atoms with Gasteiger partial charge < -0.3 is 17.0 Å². The number of nitrogen functional groups attached to an aromatic ring is 1. The van der Waals surface area contributed by atoms with E-state index in [0.29, 0.717) is 22.8 Å². The number of imidazole rings is 1. The molecule has 1 heterocycles. The van der Waals surface area contributed by atoms with Crippen molar-refractivity contribution in [3.63, 3.8) is 0 Å². The predicted octanol–water partition coefficient (Wildman–Crippen LogP) is 0.119. The number of benzene rings is 2. The Bertz CT molecular complexity index is 1000. The molecule has 0 aliphatic rings. The number of nitrogens with zero attached hydrogens (tertiary/aromatic N) is 3. The molecule has 0 aliphatic heterocycles. The van der Waals surface area contributed by atoms with Crippen LogP contribution in [0.2, 0.25) is 0 Å². The van der Waals surface area contributed by atoms with Gasteiger partial charge in [-0.05, 0) is 12.1 Å². The summed E-state index contributed by atoms with van der Waals surface area (Å²) in [5.41, 5.74) is 8.05. The lowest BCUT2D eigenvalue weighted by Crippen LogP contribution is -3.00. The number of nitro benzene ring substituents is 1. The highest BCUT2D eigenvalue weighted by Gasteiger charge is 2.21. The monoisotopic (exact) mass is 494 g/mol. The Morgan fingerprint density at radius 1 is 1.26 bits per heavy atom. The number of nitro groups is 1. The molecule has 0 amide bonds. The zero-order chi connectivity index (χ0) is 18.8. The van der Waals surface area contributed by atoms with Crippen LogP contribution in [0.25, 0.3) is 11.3 Å². The molecule has 3 rings (SSSR count). The Hall–Kier alpha value is -2.52. The van der Waals surface area contributed by atoms with Crippen molar-refractivity contribution in [2.75, 3.05) is 5.73 Å². The van der Waals surface area contributed by atoms with Crippen LogP contribution >= 0.6 is 15.9 Å². The van der Waals surface area contributed by atoms with Crippen LogP contribution < -0.4 is 27.3 Å². The normalized spacial score (nSPS) is 10.3. The number of non-ortho nitro benzene ring substituents is 1. The Morgan fingerprint density at radius 2 is 1.93 bits per heavy atom. The van der Waals surface area contributed by atoms with Crippen molar-refractivity contribution in [1.29, 1.82) is 0 Å². The second-order valence-corrected chi connectivity index (χ2v) is 6.71. The van der Waals surface area contributed by atoms with E-state index in [2.05, 4.69) is 15.9 Å². The van der Waals surface area contributed by atoms with Crippen molar-refractivity contribution in [2.45, 2.75) is 6.54 Å². The van der Waals surface area contributed by atoms with Crippen LogP contribution in [-0.4, -0.2) is 15.3 Å². The number of Topliss-reactive ketones (excluding diaryl/α,β-unsaturated/α-hetero) is 1. The van der Waals surface area contributed by atoms with Crippen LogP contribution in [-0.2, 0) is 13.6 Å². The van der Waals surface area contributed by atoms with Crippen molar-refractivity contribution < 1.29 is 31.3 Å². The average Bonchev–Trinajstić information content (AvgIpc) is 2.91. The molecule has 9 heteroatoms. The molecular weight excluding hydrogens is 480 g/mol. The van der Waals surface area contributed by atoms with Crippen LogP contribution in [0, 0.1) is 10.1 Å². The lowest BCUT2D eigenvalue weighted by atomic mass is 10.1. The molecule has 2 N–H and O–H groups in total. The summed E-state index contributed by atoms with van der Waals surface area (Å²) in [5.74, 6) is 0.308. The van der Waals surface area contributed by atoms with Gasteiger partial charge in [0.15, 0.2) is 5.78 Å². The van der Waals surface area contributed by atoms with Crippen LogP contribution in [0.5, 0.6) is 0 Å². The summed E-state index contributed by atoms with van der Waals surface area (Å²) in [6, 6.07) is 13.4. The Kier molecular flexibility index (Phi) is 6.50. The number of hydrogen-bond donors (Lipinski definition) is 1. The van der Waals surface area contributed by atoms with E-state index in [9.17, 15) is 14.9 Å². The highest BCUT2D eigenvalue weighted by Crippen LogP contribution is 2.24. The number of nitrogens with two attached hydrogens (primary N) is 1. The van der Waals surface area contributed by atoms with Gasteiger partial charge in [-0.25, -0.2) is 9.13 Å². The topological polar surface area (TPSA) is 95.0 Å². The number of carbonyl (C=O) groups excluding carboxylic acids is 1. The SMILES string of the molecule is Cn1c(-c2cccc([N+](=O)[O-])c2)c[n+](CC(=O)c2ccc(Br)cc2)c1N.[Br-]. The van der Waals surface area contributed by atoms with Gasteiger partial charge in [-0.3, -0.25) is 20.6 Å². The lowest BCUT2D eigenvalue weighted by molar-refractivity contribution is -0.667. The molecule has 0 aliphatic carbocycles. The first-order valence-electron chi connectivity index (χ1n) is 7.75. The number of hydrogen-bond acceptors (Lipinski definition) is 4. The van der Waals surface area contributed by atoms with E-state index >= 15 is 0 Å². The van der Waals surface area contributed by atoms with E-state index in [1.54, 1.807) is 58.8 Å². The Labute approximate surface area is 174 Å². The molecule has 3 aromatic rings. The maximum absolute atomic E-state index is 12.5. The number of anilines is 1. The Balaban J connectivity index is 0.00000261. The fourth-order valence-electron chi connectivity index (χ4n) is 2.67. The first-order chi connectivity index (χ1) is 12.4. The predicted molar refractivity (Wildman–Crippen MR) is 101 cm³/mol. The molecule has 140 valence electrons. The fourth-order valence-corrected chi connectivity index (χ4v) is 2.94. The van der Waals surface area contributed by atoms with Gasteiger partial charge in [0.25, 0.3) is 5.69 Å². The Morgan fingerprint density at radius 3 is 2.56 bits per heavy atom. The van der Waals surface area contributed by atoms with Crippen molar-refractivity contribution in [1.82, 2.24) is 4.57 Å². The smallest absolute Gasteiger partial charge is 0.355 e. The van der Waals surface area contributed by atoms with Gasteiger partial charge in [0.1, 0.15) is 18.4 Å². The highest BCUT2D eigenvalue weighted by atomic mass is 79.9. The van der Waals surface area contributed by atoms with Crippen LogP contribution in [0.4, 0.5) is 11.6 Å². The first-order valence-corrected chi connectivity index (χ1v) is 8.54. The summed E-state index contributed by atoms with van der Waals surface area (Å²) >= 11 is 3.34. The first kappa shape index (κ1) is 20.8. The second kappa shape index (κ2) is 8.45. The van der Waals surface area contributed by atoms with Gasteiger partial charge in [-0.1, -0.05) is 40.2 Å². The van der Waals surface area contributed by atoms with Crippen molar-refractivity contribution in [3.8, 4) is 11.3 Å². The van der Waals surface area contributed by atoms with Gasteiger partial charge >= 0.3 is 5.95 Å². The van der Waals surface area contributed by atoms with E-state index < -0.39 is 4.92 Å². The standard InChI is InChI=1S/C18H15BrN4O3.BrH/c1-21-16(13-3-2-4-15(9-13)23(25)26)10-22(18(21)20)11-17(24)12-5-7-14(19)8-6-12;/h2-10,20H,11H2,1H3;1H. The van der Waals surface area contributed by atoms with Crippen LogP contribution in [0.3, 0.4) is 0 Å². The third kappa shape index (κ3) is 4.42. The maximum atomic E-state index is 12.5. The summed E-state index contributed by atoms with van der Waals surface area (Å²) in [7, 11) is 1.75. The summed E-state index contributed by atoms with van der Waals surface area (Å²) in [6.45, 7) is 0.0796. The molecule has 2 aromatic carbocycles. The largest absolute Gasteiger partial charge is 1.00 e. The summed E-state index contributed by atoms with van der Waals surface area (Å²) < 4.78 is 4.24. The third-order valence-electron chi connectivity index (χ3n) is 4.11. The molecular formula is C18H16Br2N4O3. The molecule has 0 unspecified atom stereocenters. The van der Waals surface area contributed by atoms with E-state index in [4.69, 9.17) is 5.73 Å². The molecule has 0 bridgehead atoms. The highest BCUT2D eigenvalue weighted by molar-refractivity contribution is 9.10. The quantitative estimate of drug-likeness (QED) is 0.235. The van der Waals surface area contributed by atoms with Gasteiger partial charge in [0.05, 0.1) is 12.0 Å². The van der Waals surface area contributed by atoms with E-state index in [-0.39, 0.29) is 35.0 Å². The van der Waals surface area contributed by atoms with Crippen molar-refractivity contribution in [3.05, 3.63) is 74.9 Å². The molecule has 0 saturated carbocycles. The van der Waals surface area contributed by atoms with Crippen LogP contribution in [0.1, 0.15) is 10.4 Å². The molecule has 0 spiro atoms. The van der Waals surface area contributed by atoms with Gasteiger partial charge in [0.2, 0.25) is 0 Å². The molecule has 1 aromatic heterocycles. The van der Waals surface area contributed by atoms with E-state index in [1.165, 1.54) is 12.1 Å². The van der Waals surface area contributed by atoms with Crippen molar-refractivity contribution in [2.24, 2.45) is 7.05 Å². The minimum Gasteiger partial charge on any atom is -1.00 e. The summed E-state index contributed by atoms with van der Waals surface area (Å²) in [6.07, 6.45) is 1.73. The lowest BCUT2D eigenvalue weighted by Gasteiger charge is -2.00. The van der Waals surface area contributed by atoms with Crippen LogP contribution in [0.15, 0.2) is 59.2 Å². The molecule has 0 fully saturated rings. The third-order valence-corrected chi connectivity index (χ3v) is 4.64. The number of aromatic nitrogens is 2. The maximum Gasteiger partial charge on any atom is 0.355 e. The molecule has 0 saturated heterocycles. The van der Waals surface area contributed by atoms with Gasteiger partial charge in [0, 0.05) is 27.7 Å². The van der Waals surface area contributed by atoms with E-state index in [0.717, 1.165) is 4.47 Å². The second-order valence-electron chi connectivity index (χ2n) is 5.80. The molecule has 27 heavy (non-hydrogen) atoms. The minimum atomic E-state index is -0.444. The fraction of sp³-hybridized carbons (Fsp3) is 0.111. The number of rotatable bonds is 5. The van der Waals surface area contributed by atoms with Gasteiger partial charge in [-0.15, -0.1) is 0 Å².